The summed E-state index contributed by atoms with van der Waals surface area (Å²) in [6.45, 7) is -1.11. The van der Waals surface area contributed by atoms with Crippen molar-refractivity contribution >= 4 is 5.97 Å². The Labute approximate surface area is 112 Å². The Balaban J connectivity index is 2.30. The normalized spacial score (nSPS) is 10.6. The fraction of sp³-hybridized carbons (Fsp3) is 0.250. The first-order valence-electron chi connectivity index (χ1n) is 5.75. The number of ether oxygens (including phenoxy) is 2. The van der Waals surface area contributed by atoms with Crippen molar-refractivity contribution in [2.75, 3.05) is 6.61 Å². The zero-order valence-corrected chi connectivity index (χ0v) is 10.5. The van der Waals surface area contributed by atoms with Gasteiger partial charge >= 0.3 is 12.6 Å². The SMILES string of the molecule is CCOC(=O)c1nc(-c2ccccc2OC(F)F)n[nH]1. The van der Waals surface area contributed by atoms with Gasteiger partial charge in [0.2, 0.25) is 5.82 Å². The number of benzene rings is 1. The molecule has 20 heavy (non-hydrogen) atoms. The van der Waals surface area contributed by atoms with Crippen molar-refractivity contribution in [1.29, 1.82) is 0 Å². The molecule has 0 amide bonds. The average Bonchev–Trinajstić information content (AvgIpc) is 2.88. The van der Waals surface area contributed by atoms with Crippen molar-refractivity contribution in [3.8, 4) is 17.1 Å². The minimum atomic E-state index is -2.96. The van der Waals surface area contributed by atoms with Crippen LogP contribution in [0.4, 0.5) is 8.78 Å². The standard InChI is InChI=1S/C12H11F2N3O3/c1-2-19-11(18)10-15-9(16-17-10)7-5-3-4-6-8(7)20-12(13)14/h3-6,12H,2H2,1H3,(H,15,16,17). The molecule has 1 N–H and O–H groups in total. The molecule has 0 spiro atoms. The van der Waals surface area contributed by atoms with Gasteiger partial charge in [0.15, 0.2) is 5.82 Å². The van der Waals surface area contributed by atoms with Crippen LogP contribution in [-0.2, 0) is 4.74 Å². The van der Waals surface area contributed by atoms with Crippen molar-refractivity contribution in [2.45, 2.75) is 13.5 Å². The molecule has 106 valence electrons. The number of para-hydroxylation sites is 1. The highest BCUT2D eigenvalue weighted by Gasteiger charge is 2.17. The van der Waals surface area contributed by atoms with Gasteiger partial charge in [0.1, 0.15) is 5.75 Å². The molecule has 0 fully saturated rings. The van der Waals surface area contributed by atoms with Gasteiger partial charge in [-0.1, -0.05) is 12.1 Å². The third-order valence-corrected chi connectivity index (χ3v) is 2.30. The zero-order valence-electron chi connectivity index (χ0n) is 10.5. The highest BCUT2D eigenvalue weighted by molar-refractivity contribution is 5.85. The molecule has 0 aliphatic rings. The van der Waals surface area contributed by atoms with Crippen LogP contribution in [0.3, 0.4) is 0 Å². The van der Waals surface area contributed by atoms with Crippen LogP contribution in [0.15, 0.2) is 24.3 Å². The largest absolute Gasteiger partial charge is 0.460 e. The van der Waals surface area contributed by atoms with Crippen LogP contribution in [0, 0.1) is 0 Å². The van der Waals surface area contributed by atoms with Crippen LogP contribution in [0.5, 0.6) is 5.75 Å². The maximum atomic E-state index is 12.3. The summed E-state index contributed by atoms with van der Waals surface area (Å²) in [5, 5.41) is 6.19. The molecular weight excluding hydrogens is 272 g/mol. The number of carbonyl (C=O) groups excluding carboxylic acids is 1. The molecule has 0 radical (unpaired) electrons. The lowest BCUT2D eigenvalue weighted by Gasteiger charge is -2.07. The summed E-state index contributed by atoms with van der Waals surface area (Å²) in [6.07, 6.45) is 0. The topological polar surface area (TPSA) is 77.1 Å². The second kappa shape index (κ2) is 6.09. The van der Waals surface area contributed by atoms with Crippen molar-refractivity contribution in [3.05, 3.63) is 30.1 Å². The van der Waals surface area contributed by atoms with E-state index in [4.69, 9.17) is 4.74 Å². The van der Waals surface area contributed by atoms with E-state index >= 15 is 0 Å². The van der Waals surface area contributed by atoms with E-state index in [1.807, 2.05) is 0 Å². The second-order valence-electron chi connectivity index (χ2n) is 3.60. The summed E-state index contributed by atoms with van der Waals surface area (Å²) in [5.74, 6) is -0.770. The Morgan fingerprint density at radius 3 is 2.85 bits per heavy atom. The zero-order chi connectivity index (χ0) is 14.5. The van der Waals surface area contributed by atoms with Gasteiger partial charge < -0.3 is 9.47 Å². The third-order valence-electron chi connectivity index (χ3n) is 2.30. The van der Waals surface area contributed by atoms with Gasteiger partial charge in [-0.3, -0.25) is 5.10 Å². The summed E-state index contributed by atoms with van der Waals surface area (Å²) in [5.41, 5.74) is 0.250. The van der Waals surface area contributed by atoms with Crippen molar-refractivity contribution in [2.24, 2.45) is 0 Å². The number of nitrogens with zero attached hydrogens (tertiary/aromatic N) is 2. The summed E-state index contributed by atoms with van der Waals surface area (Å²) in [6, 6.07) is 6.03. The Bertz CT molecular complexity index is 601. The highest BCUT2D eigenvalue weighted by atomic mass is 19.3. The number of alkyl halides is 2. The van der Waals surface area contributed by atoms with Crippen molar-refractivity contribution in [3.63, 3.8) is 0 Å². The van der Waals surface area contributed by atoms with E-state index < -0.39 is 12.6 Å². The van der Waals surface area contributed by atoms with Gasteiger partial charge in [0.05, 0.1) is 12.2 Å². The van der Waals surface area contributed by atoms with E-state index in [1.165, 1.54) is 12.1 Å². The van der Waals surface area contributed by atoms with Gasteiger partial charge in [0, 0.05) is 0 Å². The summed E-state index contributed by atoms with van der Waals surface area (Å²) in [4.78, 5) is 15.3. The predicted molar refractivity (Wildman–Crippen MR) is 64.4 cm³/mol. The molecular formula is C12H11F2N3O3. The molecule has 0 aliphatic heterocycles. The lowest BCUT2D eigenvalue weighted by molar-refractivity contribution is -0.0494. The number of nitrogens with one attached hydrogen (secondary N) is 1. The Hall–Kier alpha value is -2.51. The molecule has 6 nitrogen and oxygen atoms in total. The predicted octanol–water partition coefficient (Wildman–Crippen LogP) is 2.25. The van der Waals surface area contributed by atoms with Crippen molar-refractivity contribution < 1.29 is 23.0 Å². The summed E-state index contributed by atoms with van der Waals surface area (Å²) in [7, 11) is 0. The monoisotopic (exact) mass is 283 g/mol. The molecule has 0 bridgehead atoms. The lowest BCUT2D eigenvalue weighted by atomic mass is 10.2. The van der Waals surface area contributed by atoms with Gasteiger partial charge in [-0.05, 0) is 19.1 Å². The van der Waals surface area contributed by atoms with E-state index in [0.717, 1.165) is 0 Å². The highest BCUT2D eigenvalue weighted by Crippen LogP contribution is 2.28. The molecule has 0 saturated carbocycles. The molecule has 0 aliphatic carbocycles. The van der Waals surface area contributed by atoms with Crippen molar-refractivity contribution in [1.82, 2.24) is 15.2 Å². The van der Waals surface area contributed by atoms with Crippen LogP contribution >= 0.6 is 0 Å². The van der Waals surface area contributed by atoms with Crippen LogP contribution in [0.2, 0.25) is 0 Å². The molecule has 0 atom stereocenters. The van der Waals surface area contributed by atoms with E-state index in [0.29, 0.717) is 0 Å². The fourth-order valence-electron chi connectivity index (χ4n) is 1.52. The number of aromatic amines is 1. The van der Waals surface area contributed by atoms with Gasteiger partial charge in [-0.2, -0.15) is 13.9 Å². The van der Waals surface area contributed by atoms with E-state index in [2.05, 4.69) is 19.9 Å². The number of hydrogen-bond acceptors (Lipinski definition) is 5. The molecule has 8 heteroatoms. The molecule has 1 heterocycles. The lowest BCUT2D eigenvalue weighted by Crippen LogP contribution is -2.06. The molecule has 1 aromatic heterocycles. The fourth-order valence-corrected chi connectivity index (χ4v) is 1.52. The minimum Gasteiger partial charge on any atom is -0.460 e. The summed E-state index contributed by atoms with van der Waals surface area (Å²) < 4.78 is 33.7. The summed E-state index contributed by atoms with van der Waals surface area (Å²) >= 11 is 0. The Morgan fingerprint density at radius 2 is 2.15 bits per heavy atom. The second-order valence-corrected chi connectivity index (χ2v) is 3.60. The number of esters is 1. The number of H-pyrrole nitrogens is 1. The first kappa shape index (κ1) is 13.9. The quantitative estimate of drug-likeness (QED) is 0.851. The third kappa shape index (κ3) is 3.08. The van der Waals surface area contributed by atoms with E-state index in [-0.39, 0.29) is 29.6 Å². The number of halogens is 2. The average molecular weight is 283 g/mol. The maximum Gasteiger partial charge on any atom is 0.387 e. The van der Waals surface area contributed by atoms with Crippen LogP contribution in [0.1, 0.15) is 17.5 Å². The number of carbonyl (C=O) groups is 1. The van der Waals surface area contributed by atoms with Gasteiger partial charge in [0.25, 0.3) is 0 Å². The Kier molecular flexibility index (Phi) is 4.24. The number of hydrogen-bond donors (Lipinski definition) is 1. The number of aromatic nitrogens is 3. The molecule has 1 aromatic carbocycles. The van der Waals surface area contributed by atoms with Crippen LogP contribution in [0.25, 0.3) is 11.4 Å². The maximum absolute atomic E-state index is 12.3. The first-order chi connectivity index (χ1) is 9.61. The van der Waals surface area contributed by atoms with E-state index in [1.54, 1.807) is 19.1 Å². The minimum absolute atomic E-state index is 0.0723. The van der Waals surface area contributed by atoms with Crippen LogP contribution in [-0.4, -0.2) is 34.4 Å². The van der Waals surface area contributed by atoms with E-state index in [9.17, 15) is 13.6 Å². The smallest absolute Gasteiger partial charge is 0.387 e. The molecule has 2 rings (SSSR count). The van der Waals surface area contributed by atoms with Crippen LogP contribution < -0.4 is 4.74 Å². The van der Waals surface area contributed by atoms with Gasteiger partial charge in [-0.15, -0.1) is 0 Å². The first-order valence-corrected chi connectivity index (χ1v) is 5.75. The molecule has 2 aromatic rings. The van der Waals surface area contributed by atoms with Gasteiger partial charge in [-0.25, -0.2) is 9.78 Å². The number of rotatable bonds is 5. The Morgan fingerprint density at radius 1 is 1.40 bits per heavy atom. The molecule has 0 unspecified atom stereocenters. The molecule has 0 saturated heterocycles.